The number of alkyl halides is 3. The third-order valence-electron chi connectivity index (χ3n) is 2.60. The highest BCUT2D eigenvalue weighted by molar-refractivity contribution is 6.28. The fraction of sp³-hybridized carbons (Fsp3) is 0.273. The third-order valence-corrected chi connectivity index (χ3v) is 2.60. The fourth-order valence-electron chi connectivity index (χ4n) is 1.89. The van der Waals surface area contributed by atoms with Crippen LogP contribution in [0.1, 0.15) is 11.5 Å². The summed E-state index contributed by atoms with van der Waals surface area (Å²) in [5.74, 6) is -1.83. The van der Waals surface area contributed by atoms with Crippen LogP contribution in [0.15, 0.2) is 18.2 Å². The van der Waals surface area contributed by atoms with E-state index in [1.54, 1.807) is 0 Å². The van der Waals surface area contributed by atoms with Crippen LogP contribution >= 0.6 is 0 Å². The van der Waals surface area contributed by atoms with E-state index in [9.17, 15) is 22.8 Å². The van der Waals surface area contributed by atoms with Gasteiger partial charge in [0.05, 0.1) is 11.6 Å². The van der Waals surface area contributed by atoms with Gasteiger partial charge in [-0.1, -0.05) is 12.1 Å². The highest BCUT2D eigenvalue weighted by Crippen LogP contribution is 2.40. The molecule has 1 aromatic rings. The number of nitrogens with one attached hydrogen (secondary N) is 1. The number of halogens is 3. The Bertz CT molecular complexity index is 499. The average Bonchev–Trinajstić information content (AvgIpc) is 2.71. The quantitative estimate of drug-likeness (QED) is 0.665. The minimum atomic E-state index is -4.80. The Morgan fingerprint density at radius 2 is 2.17 bits per heavy atom. The number of rotatable bonds is 3. The number of ether oxygens (including phenoxy) is 1. The third kappa shape index (κ3) is 2.29. The van der Waals surface area contributed by atoms with Crippen molar-refractivity contribution in [1.29, 1.82) is 0 Å². The van der Waals surface area contributed by atoms with E-state index in [2.05, 4.69) is 10.1 Å². The number of aldehydes is 1. The van der Waals surface area contributed by atoms with E-state index in [1.165, 1.54) is 12.1 Å². The van der Waals surface area contributed by atoms with E-state index in [0.29, 0.717) is 5.56 Å². The standard InChI is InChI=1S/C11H8F3NO3/c12-11(13,14)18-9-3-1-2-6-7(8(17)5-16)4-15-10(6)9/h1-3,5,7,15H,4H2. The van der Waals surface area contributed by atoms with Gasteiger partial charge < -0.3 is 10.1 Å². The highest BCUT2D eigenvalue weighted by atomic mass is 19.4. The summed E-state index contributed by atoms with van der Waals surface area (Å²) in [7, 11) is 0. The Balaban J connectivity index is 2.36. The Labute approximate surface area is 99.7 Å². The zero-order chi connectivity index (χ0) is 13.3. The van der Waals surface area contributed by atoms with Gasteiger partial charge in [-0.2, -0.15) is 0 Å². The lowest BCUT2D eigenvalue weighted by Crippen LogP contribution is -2.17. The highest BCUT2D eigenvalue weighted by Gasteiger charge is 2.35. The largest absolute Gasteiger partial charge is 0.573 e. The Hall–Kier alpha value is -2.05. The summed E-state index contributed by atoms with van der Waals surface area (Å²) in [5, 5.41) is 2.65. The van der Waals surface area contributed by atoms with Crippen molar-refractivity contribution in [3.05, 3.63) is 23.8 Å². The summed E-state index contributed by atoms with van der Waals surface area (Å²) < 4.78 is 40.3. The predicted molar refractivity (Wildman–Crippen MR) is 55.4 cm³/mol. The maximum atomic E-state index is 12.2. The van der Waals surface area contributed by atoms with E-state index in [4.69, 9.17) is 0 Å². The SMILES string of the molecule is O=CC(=O)C1CNc2c(OC(F)(F)F)cccc21. The second kappa shape index (κ2) is 4.32. The van der Waals surface area contributed by atoms with Crippen LogP contribution in [0.5, 0.6) is 5.75 Å². The summed E-state index contributed by atoms with van der Waals surface area (Å²) in [6, 6.07) is 3.98. The lowest BCUT2D eigenvalue weighted by atomic mass is 9.97. The molecular weight excluding hydrogens is 251 g/mol. The van der Waals surface area contributed by atoms with Gasteiger partial charge in [0.15, 0.2) is 12.0 Å². The van der Waals surface area contributed by atoms with E-state index in [0.717, 1.165) is 6.07 Å². The molecule has 1 aliphatic rings. The maximum absolute atomic E-state index is 12.2. The number of Topliss-reactive ketones (excluding diaryl/α,β-unsaturated/α-hetero) is 1. The maximum Gasteiger partial charge on any atom is 0.573 e. The van der Waals surface area contributed by atoms with Gasteiger partial charge >= 0.3 is 6.36 Å². The molecule has 1 unspecified atom stereocenters. The number of para-hydroxylation sites is 1. The van der Waals surface area contributed by atoms with E-state index < -0.39 is 23.8 Å². The van der Waals surface area contributed by atoms with Crippen LogP contribution < -0.4 is 10.1 Å². The Morgan fingerprint density at radius 3 is 2.78 bits per heavy atom. The molecule has 0 amide bonds. The van der Waals surface area contributed by atoms with Gasteiger partial charge in [-0.3, -0.25) is 9.59 Å². The topological polar surface area (TPSA) is 55.4 Å². The molecule has 18 heavy (non-hydrogen) atoms. The van der Waals surface area contributed by atoms with Crippen LogP contribution in [0.3, 0.4) is 0 Å². The zero-order valence-corrected chi connectivity index (χ0v) is 8.95. The van der Waals surface area contributed by atoms with Gasteiger partial charge in [-0.25, -0.2) is 0 Å². The van der Waals surface area contributed by atoms with Crippen molar-refractivity contribution in [2.45, 2.75) is 12.3 Å². The summed E-state index contributed by atoms with van der Waals surface area (Å²) in [4.78, 5) is 21.7. The molecule has 2 rings (SSSR count). The minimum Gasteiger partial charge on any atom is -0.404 e. The molecule has 1 N–H and O–H groups in total. The molecule has 1 aliphatic heterocycles. The zero-order valence-electron chi connectivity index (χ0n) is 8.95. The molecule has 1 atom stereocenters. The number of fused-ring (bicyclic) bond motifs is 1. The van der Waals surface area contributed by atoms with Crippen molar-refractivity contribution < 1.29 is 27.5 Å². The molecule has 0 aromatic heterocycles. The van der Waals surface area contributed by atoms with Gasteiger partial charge in [-0.15, -0.1) is 13.2 Å². The number of hydrogen-bond acceptors (Lipinski definition) is 4. The van der Waals surface area contributed by atoms with Crippen molar-refractivity contribution in [1.82, 2.24) is 0 Å². The molecule has 0 saturated heterocycles. The lowest BCUT2D eigenvalue weighted by Gasteiger charge is -2.12. The number of ketones is 1. The van der Waals surface area contributed by atoms with Crippen LogP contribution in [-0.2, 0) is 9.59 Å². The molecule has 0 spiro atoms. The average molecular weight is 259 g/mol. The van der Waals surface area contributed by atoms with Crippen molar-refractivity contribution >= 4 is 17.8 Å². The monoisotopic (exact) mass is 259 g/mol. The molecule has 1 heterocycles. The fourth-order valence-corrected chi connectivity index (χ4v) is 1.89. The molecule has 0 fully saturated rings. The molecule has 7 heteroatoms. The minimum absolute atomic E-state index is 0.0884. The van der Waals surface area contributed by atoms with Crippen LogP contribution in [0.2, 0.25) is 0 Å². The molecule has 0 saturated carbocycles. The molecule has 0 bridgehead atoms. The first-order valence-corrected chi connectivity index (χ1v) is 5.04. The summed E-state index contributed by atoms with van der Waals surface area (Å²) in [5.41, 5.74) is 0.448. The van der Waals surface area contributed by atoms with Crippen LogP contribution in [0.25, 0.3) is 0 Å². The van der Waals surface area contributed by atoms with Gasteiger partial charge in [0, 0.05) is 6.54 Å². The summed E-state index contributed by atoms with van der Waals surface area (Å²) >= 11 is 0. The predicted octanol–water partition coefficient (Wildman–Crippen LogP) is 1.86. The smallest absolute Gasteiger partial charge is 0.404 e. The Morgan fingerprint density at radius 1 is 1.44 bits per heavy atom. The van der Waals surface area contributed by atoms with Gasteiger partial charge in [-0.05, 0) is 11.6 Å². The lowest BCUT2D eigenvalue weighted by molar-refractivity contribution is -0.274. The summed E-state index contributed by atoms with van der Waals surface area (Å²) in [6.07, 6.45) is -4.64. The molecule has 4 nitrogen and oxygen atoms in total. The second-order valence-corrected chi connectivity index (χ2v) is 3.72. The number of carbonyl (C=O) groups excluding carboxylic acids is 2. The second-order valence-electron chi connectivity index (χ2n) is 3.72. The number of hydrogen-bond donors (Lipinski definition) is 1. The normalized spacial score (nSPS) is 17.8. The van der Waals surface area contributed by atoms with E-state index in [-0.39, 0.29) is 18.5 Å². The van der Waals surface area contributed by atoms with Crippen molar-refractivity contribution in [3.8, 4) is 5.75 Å². The van der Waals surface area contributed by atoms with Crippen LogP contribution in [0.4, 0.5) is 18.9 Å². The van der Waals surface area contributed by atoms with Gasteiger partial charge in [0.1, 0.15) is 0 Å². The van der Waals surface area contributed by atoms with E-state index >= 15 is 0 Å². The van der Waals surface area contributed by atoms with Crippen LogP contribution in [-0.4, -0.2) is 25.0 Å². The first-order chi connectivity index (χ1) is 8.42. The molecule has 0 radical (unpaired) electrons. The van der Waals surface area contributed by atoms with Crippen molar-refractivity contribution in [2.75, 3.05) is 11.9 Å². The molecule has 0 aliphatic carbocycles. The first kappa shape index (κ1) is 12.4. The number of anilines is 1. The summed E-state index contributed by atoms with van der Waals surface area (Å²) in [6.45, 7) is 0.0884. The number of carbonyl (C=O) groups is 2. The van der Waals surface area contributed by atoms with Crippen LogP contribution in [0, 0.1) is 0 Å². The van der Waals surface area contributed by atoms with Crippen molar-refractivity contribution in [3.63, 3.8) is 0 Å². The van der Waals surface area contributed by atoms with Gasteiger partial charge in [0.25, 0.3) is 0 Å². The first-order valence-electron chi connectivity index (χ1n) is 5.04. The van der Waals surface area contributed by atoms with Gasteiger partial charge in [0.2, 0.25) is 5.78 Å². The van der Waals surface area contributed by atoms with E-state index in [1.807, 2.05) is 0 Å². The molecule has 1 aromatic carbocycles. The molecular formula is C11H8F3NO3. The Kier molecular flexibility index (Phi) is 2.98. The van der Waals surface area contributed by atoms with Crippen molar-refractivity contribution in [2.24, 2.45) is 0 Å². The number of benzene rings is 1. The molecule has 96 valence electrons.